The van der Waals surface area contributed by atoms with Gasteiger partial charge in [0.2, 0.25) is 0 Å². The predicted molar refractivity (Wildman–Crippen MR) is 72.0 cm³/mol. The van der Waals surface area contributed by atoms with Gasteiger partial charge in [0, 0.05) is 25.6 Å². The van der Waals surface area contributed by atoms with Crippen LogP contribution in [0.1, 0.15) is 17.4 Å². The first kappa shape index (κ1) is 11.3. The van der Waals surface area contributed by atoms with Gasteiger partial charge in [0.1, 0.15) is 11.9 Å². The van der Waals surface area contributed by atoms with Gasteiger partial charge >= 0.3 is 0 Å². The summed E-state index contributed by atoms with van der Waals surface area (Å²) in [6.07, 6.45) is 5.50. The van der Waals surface area contributed by atoms with Crippen molar-refractivity contribution in [2.75, 3.05) is 0 Å². The zero-order valence-electron chi connectivity index (χ0n) is 9.87. The van der Waals surface area contributed by atoms with Gasteiger partial charge in [0.25, 0.3) is 0 Å². The Morgan fingerprint density at radius 1 is 1.44 bits per heavy atom. The maximum Gasteiger partial charge on any atom is 0.131 e. The second kappa shape index (κ2) is 4.49. The topological polar surface area (TPSA) is 68.8 Å². The largest absolute Gasteiger partial charge is 0.336 e. The predicted octanol–water partition coefficient (Wildman–Crippen LogP) is 1.58. The molecule has 5 nitrogen and oxygen atoms in total. The first-order valence-corrected chi connectivity index (χ1v) is 6.44. The van der Waals surface area contributed by atoms with Gasteiger partial charge in [0.05, 0.1) is 10.2 Å². The molecule has 3 aromatic rings. The third-order valence-corrected chi connectivity index (χ3v) is 3.79. The molecule has 0 aliphatic rings. The molecule has 0 fully saturated rings. The third-order valence-electron chi connectivity index (χ3n) is 2.94. The molecule has 92 valence electrons. The molecular weight excluding hydrogens is 246 g/mol. The fourth-order valence-electron chi connectivity index (χ4n) is 1.99. The van der Waals surface area contributed by atoms with E-state index in [0.717, 1.165) is 21.6 Å². The lowest BCUT2D eigenvalue weighted by molar-refractivity contribution is 0.579. The maximum absolute atomic E-state index is 5.66. The number of aromatic nitrogens is 3. The summed E-state index contributed by atoms with van der Waals surface area (Å²) in [6.45, 7) is 0. The molecule has 3 aromatic heterocycles. The lowest BCUT2D eigenvalue weighted by Crippen LogP contribution is -2.30. The number of hydrogen-bond donors (Lipinski definition) is 2. The highest BCUT2D eigenvalue weighted by atomic mass is 32.1. The number of nitrogens with one attached hydrogen (secondary N) is 1. The van der Waals surface area contributed by atoms with Crippen LogP contribution in [-0.4, -0.2) is 14.5 Å². The summed E-state index contributed by atoms with van der Waals surface area (Å²) in [5, 5.41) is 2.03. The second-order valence-electron chi connectivity index (χ2n) is 4.07. The highest BCUT2D eigenvalue weighted by molar-refractivity contribution is 7.17. The highest BCUT2D eigenvalue weighted by Gasteiger charge is 2.17. The van der Waals surface area contributed by atoms with E-state index in [4.69, 9.17) is 5.84 Å². The van der Waals surface area contributed by atoms with E-state index < -0.39 is 0 Å². The SMILES string of the molecule is Cn1ccnc1C(NN)c1cnc2ccsc2c1. The summed E-state index contributed by atoms with van der Waals surface area (Å²) in [7, 11) is 1.95. The van der Waals surface area contributed by atoms with E-state index in [9.17, 15) is 0 Å². The monoisotopic (exact) mass is 259 g/mol. The Kier molecular flexibility index (Phi) is 2.83. The molecule has 0 bridgehead atoms. The summed E-state index contributed by atoms with van der Waals surface area (Å²) in [5.74, 6) is 6.53. The molecule has 3 rings (SSSR count). The fourth-order valence-corrected chi connectivity index (χ4v) is 2.78. The minimum absolute atomic E-state index is 0.149. The van der Waals surface area contributed by atoms with Crippen LogP contribution in [-0.2, 0) is 7.05 Å². The van der Waals surface area contributed by atoms with Crippen LogP contribution in [0, 0.1) is 0 Å². The number of hydrogen-bond acceptors (Lipinski definition) is 5. The van der Waals surface area contributed by atoms with Crippen LogP contribution in [0.3, 0.4) is 0 Å². The van der Waals surface area contributed by atoms with Gasteiger partial charge in [-0.25, -0.2) is 10.4 Å². The number of nitrogens with zero attached hydrogens (tertiary/aromatic N) is 3. The summed E-state index contributed by atoms with van der Waals surface area (Å²) >= 11 is 1.67. The Morgan fingerprint density at radius 2 is 2.33 bits per heavy atom. The normalized spacial score (nSPS) is 13.0. The number of rotatable bonds is 3. The van der Waals surface area contributed by atoms with Gasteiger partial charge in [-0.3, -0.25) is 10.8 Å². The molecule has 0 aliphatic heterocycles. The van der Waals surface area contributed by atoms with Crippen LogP contribution in [0.25, 0.3) is 10.2 Å². The third kappa shape index (κ3) is 1.80. The van der Waals surface area contributed by atoms with Gasteiger partial charge in [0.15, 0.2) is 0 Å². The number of fused-ring (bicyclic) bond motifs is 1. The lowest BCUT2D eigenvalue weighted by Gasteiger charge is -2.15. The molecule has 1 unspecified atom stereocenters. The van der Waals surface area contributed by atoms with Crippen molar-refractivity contribution in [3.8, 4) is 0 Å². The van der Waals surface area contributed by atoms with Crippen molar-refractivity contribution in [3.05, 3.63) is 47.5 Å². The van der Waals surface area contributed by atoms with Crippen LogP contribution in [0.5, 0.6) is 0 Å². The molecule has 1 atom stereocenters. The summed E-state index contributed by atoms with van der Waals surface area (Å²) in [6, 6.07) is 3.96. The number of aryl methyl sites for hydroxylation is 1. The maximum atomic E-state index is 5.66. The Labute approximate surface area is 108 Å². The van der Waals surface area contributed by atoms with Gasteiger partial charge < -0.3 is 4.57 Å². The van der Waals surface area contributed by atoms with E-state index in [2.05, 4.69) is 21.5 Å². The number of hydrazine groups is 1. The van der Waals surface area contributed by atoms with E-state index in [-0.39, 0.29) is 6.04 Å². The standard InChI is InChI=1S/C12H13N5S/c1-17-4-3-14-12(17)11(16-13)8-6-10-9(15-7-8)2-5-18-10/h2-7,11,16H,13H2,1H3. The smallest absolute Gasteiger partial charge is 0.131 e. The number of nitrogens with two attached hydrogens (primary N) is 1. The van der Waals surface area contributed by atoms with Gasteiger partial charge in [-0.1, -0.05) is 0 Å². The van der Waals surface area contributed by atoms with Gasteiger partial charge in [-0.2, -0.15) is 0 Å². The Morgan fingerprint density at radius 3 is 3.06 bits per heavy atom. The van der Waals surface area contributed by atoms with Crippen molar-refractivity contribution < 1.29 is 0 Å². The number of thiophene rings is 1. The van der Waals surface area contributed by atoms with Crippen LogP contribution in [0.2, 0.25) is 0 Å². The van der Waals surface area contributed by atoms with Crippen LogP contribution >= 0.6 is 11.3 Å². The van der Waals surface area contributed by atoms with E-state index in [1.165, 1.54) is 0 Å². The summed E-state index contributed by atoms with van der Waals surface area (Å²) in [5.41, 5.74) is 4.83. The average molecular weight is 259 g/mol. The van der Waals surface area contributed by atoms with E-state index in [1.807, 2.05) is 35.5 Å². The molecule has 18 heavy (non-hydrogen) atoms. The molecule has 0 spiro atoms. The van der Waals surface area contributed by atoms with Crippen molar-refractivity contribution in [1.29, 1.82) is 0 Å². The summed E-state index contributed by atoms with van der Waals surface area (Å²) < 4.78 is 3.10. The molecular formula is C12H13N5S. The fraction of sp³-hybridized carbons (Fsp3) is 0.167. The molecule has 0 aliphatic carbocycles. The van der Waals surface area contributed by atoms with Gasteiger partial charge in [-0.15, -0.1) is 11.3 Å². The van der Waals surface area contributed by atoms with Crippen LogP contribution in [0.4, 0.5) is 0 Å². The molecule has 0 amide bonds. The first-order valence-electron chi connectivity index (χ1n) is 5.56. The van der Waals surface area contributed by atoms with Crippen molar-refractivity contribution in [2.24, 2.45) is 12.9 Å². The van der Waals surface area contributed by atoms with Crippen molar-refractivity contribution in [1.82, 2.24) is 20.0 Å². The summed E-state index contributed by atoms with van der Waals surface area (Å²) in [4.78, 5) is 8.75. The highest BCUT2D eigenvalue weighted by Crippen LogP contribution is 2.25. The molecule has 0 radical (unpaired) electrons. The first-order chi connectivity index (χ1) is 8.79. The molecule has 0 saturated heterocycles. The number of imidazole rings is 1. The quantitative estimate of drug-likeness (QED) is 0.553. The molecule has 6 heteroatoms. The lowest BCUT2D eigenvalue weighted by atomic mass is 10.1. The van der Waals surface area contributed by atoms with Crippen molar-refractivity contribution >= 4 is 21.6 Å². The van der Waals surface area contributed by atoms with Crippen LogP contribution < -0.4 is 11.3 Å². The number of pyridine rings is 1. The minimum atomic E-state index is -0.149. The molecule has 3 N–H and O–H groups in total. The Balaban J connectivity index is 2.08. The molecule has 0 aromatic carbocycles. The molecule has 3 heterocycles. The van der Waals surface area contributed by atoms with Gasteiger partial charge in [-0.05, 0) is 23.1 Å². The zero-order chi connectivity index (χ0) is 12.5. The molecule has 0 saturated carbocycles. The van der Waals surface area contributed by atoms with E-state index in [0.29, 0.717) is 0 Å². The average Bonchev–Trinajstić information content (AvgIpc) is 2.99. The van der Waals surface area contributed by atoms with E-state index in [1.54, 1.807) is 17.5 Å². The second-order valence-corrected chi connectivity index (χ2v) is 5.02. The van der Waals surface area contributed by atoms with Crippen molar-refractivity contribution in [3.63, 3.8) is 0 Å². The minimum Gasteiger partial charge on any atom is -0.336 e. The zero-order valence-corrected chi connectivity index (χ0v) is 10.7. The van der Waals surface area contributed by atoms with Crippen molar-refractivity contribution in [2.45, 2.75) is 6.04 Å². The Hall–Kier alpha value is -1.76. The Bertz CT molecular complexity index is 672. The van der Waals surface area contributed by atoms with Crippen LogP contribution in [0.15, 0.2) is 36.1 Å². The van der Waals surface area contributed by atoms with E-state index >= 15 is 0 Å².